The standard InChI is InChI=1S/C16H21NO2/c1-11(2)12-3-5-13(6-4-12)16(18)17-9-14-7-8-15(10-17)19-14/h3-6,11,14-15H,7-10H2,1-2H3. The van der Waals surface area contributed by atoms with Gasteiger partial charge in [0.25, 0.3) is 5.91 Å². The smallest absolute Gasteiger partial charge is 0.254 e. The number of likely N-dealkylation sites (tertiary alicyclic amines) is 1. The van der Waals surface area contributed by atoms with Gasteiger partial charge in [0.05, 0.1) is 12.2 Å². The van der Waals surface area contributed by atoms with Gasteiger partial charge in [-0.05, 0) is 36.5 Å². The quantitative estimate of drug-likeness (QED) is 0.817. The van der Waals surface area contributed by atoms with Crippen LogP contribution < -0.4 is 0 Å². The van der Waals surface area contributed by atoms with Crippen molar-refractivity contribution in [2.45, 2.75) is 44.8 Å². The molecule has 2 atom stereocenters. The van der Waals surface area contributed by atoms with Crippen molar-refractivity contribution in [3.63, 3.8) is 0 Å². The number of fused-ring (bicyclic) bond motifs is 2. The summed E-state index contributed by atoms with van der Waals surface area (Å²) in [4.78, 5) is 14.4. The molecule has 2 unspecified atom stereocenters. The average molecular weight is 259 g/mol. The van der Waals surface area contributed by atoms with Crippen molar-refractivity contribution in [3.8, 4) is 0 Å². The Kier molecular flexibility index (Phi) is 3.31. The zero-order chi connectivity index (χ0) is 13.4. The number of nitrogens with zero attached hydrogens (tertiary/aromatic N) is 1. The van der Waals surface area contributed by atoms with E-state index in [0.29, 0.717) is 5.92 Å². The molecule has 102 valence electrons. The molecule has 3 nitrogen and oxygen atoms in total. The third-order valence-corrected chi connectivity index (χ3v) is 4.16. The lowest BCUT2D eigenvalue weighted by atomic mass is 10.0. The maximum atomic E-state index is 12.5. The summed E-state index contributed by atoms with van der Waals surface area (Å²) >= 11 is 0. The van der Waals surface area contributed by atoms with Crippen LogP contribution in [0.2, 0.25) is 0 Å². The molecule has 0 radical (unpaired) electrons. The van der Waals surface area contributed by atoms with Crippen molar-refractivity contribution in [1.82, 2.24) is 4.90 Å². The number of hydrogen-bond donors (Lipinski definition) is 0. The number of benzene rings is 1. The highest BCUT2D eigenvalue weighted by molar-refractivity contribution is 5.94. The van der Waals surface area contributed by atoms with Crippen molar-refractivity contribution >= 4 is 5.91 Å². The van der Waals surface area contributed by atoms with Gasteiger partial charge in [-0.2, -0.15) is 0 Å². The van der Waals surface area contributed by atoms with Gasteiger partial charge in [0, 0.05) is 18.7 Å². The van der Waals surface area contributed by atoms with E-state index in [9.17, 15) is 4.79 Å². The number of hydrogen-bond acceptors (Lipinski definition) is 2. The summed E-state index contributed by atoms with van der Waals surface area (Å²) in [5.41, 5.74) is 2.07. The number of carbonyl (C=O) groups is 1. The van der Waals surface area contributed by atoms with Gasteiger partial charge in [0.2, 0.25) is 0 Å². The minimum atomic E-state index is 0.149. The minimum Gasteiger partial charge on any atom is -0.371 e. The first-order valence-corrected chi connectivity index (χ1v) is 7.18. The monoisotopic (exact) mass is 259 g/mol. The number of carbonyl (C=O) groups excluding carboxylic acids is 1. The molecule has 2 heterocycles. The van der Waals surface area contributed by atoms with Crippen LogP contribution in [0.1, 0.15) is 48.5 Å². The molecular formula is C16H21NO2. The summed E-state index contributed by atoms with van der Waals surface area (Å²) in [6.07, 6.45) is 2.72. The Hall–Kier alpha value is -1.35. The normalized spacial score (nSPS) is 25.9. The Morgan fingerprint density at radius 3 is 2.26 bits per heavy atom. The van der Waals surface area contributed by atoms with Gasteiger partial charge in [0.15, 0.2) is 0 Å². The van der Waals surface area contributed by atoms with Crippen LogP contribution in [0, 0.1) is 0 Å². The Morgan fingerprint density at radius 1 is 1.16 bits per heavy atom. The third kappa shape index (κ3) is 2.52. The molecule has 2 fully saturated rings. The van der Waals surface area contributed by atoms with Crippen LogP contribution in [-0.4, -0.2) is 36.1 Å². The molecule has 19 heavy (non-hydrogen) atoms. The third-order valence-electron chi connectivity index (χ3n) is 4.16. The highest BCUT2D eigenvalue weighted by Gasteiger charge is 2.35. The molecule has 2 aliphatic heterocycles. The van der Waals surface area contributed by atoms with Gasteiger partial charge in [-0.25, -0.2) is 0 Å². The first-order chi connectivity index (χ1) is 9.13. The zero-order valence-electron chi connectivity index (χ0n) is 11.6. The fourth-order valence-electron chi connectivity index (χ4n) is 2.97. The summed E-state index contributed by atoms with van der Waals surface area (Å²) in [6, 6.07) is 8.03. The lowest BCUT2D eigenvalue weighted by Gasteiger charge is -2.32. The van der Waals surface area contributed by atoms with E-state index in [1.54, 1.807) is 0 Å². The van der Waals surface area contributed by atoms with E-state index in [1.807, 2.05) is 17.0 Å². The topological polar surface area (TPSA) is 29.5 Å². The van der Waals surface area contributed by atoms with Crippen LogP contribution in [0.3, 0.4) is 0 Å². The molecule has 1 aromatic rings. The molecule has 0 N–H and O–H groups in total. The highest BCUT2D eigenvalue weighted by atomic mass is 16.5. The van der Waals surface area contributed by atoms with Crippen molar-refractivity contribution in [1.29, 1.82) is 0 Å². The number of ether oxygens (including phenoxy) is 1. The Balaban J connectivity index is 1.73. The van der Waals surface area contributed by atoms with Crippen LogP contribution >= 0.6 is 0 Å². The molecule has 0 spiro atoms. The van der Waals surface area contributed by atoms with E-state index in [0.717, 1.165) is 31.5 Å². The van der Waals surface area contributed by atoms with Crippen LogP contribution in [-0.2, 0) is 4.74 Å². The number of morpholine rings is 1. The number of rotatable bonds is 2. The molecule has 2 saturated heterocycles. The van der Waals surface area contributed by atoms with Gasteiger partial charge in [-0.3, -0.25) is 4.79 Å². The van der Waals surface area contributed by atoms with Gasteiger partial charge in [-0.15, -0.1) is 0 Å². The fraction of sp³-hybridized carbons (Fsp3) is 0.562. The Morgan fingerprint density at radius 2 is 1.74 bits per heavy atom. The predicted octanol–water partition coefficient (Wildman–Crippen LogP) is 2.81. The van der Waals surface area contributed by atoms with E-state index < -0.39 is 0 Å². The number of amides is 1. The highest BCUT2D eigenvalue weighted by Crippen LogP contribution is 2.27. The Labute approximate surface area is 114 Å². The van der Waals surface area contributed by atoms with Crippen molar-refractivity contribution in [2.24, 2.45) is 0 Å². The summed E-state index contributed by atoms with van der Waals surface area (Å²) in [5, 5.41) is 0. The Bertz CT molecular complexity index is 454. The van der Waals surface area contributed by atoms with Crippen molar-refractivity contribution in [3.05, 3.63) is 35.4 Å². The summed E-state index contributed by atoms with van der Waals surface area (Å²) in [7, 11) is 0. The molecule has 1 aromatic carbocycles. The second-order valence-corrected chi connectivity index (χ2v) is 5.94. The van der Waals surface area contributed by atoms with Gasteiger partial charge >= 0.3 is 0 Å². The fourth-order valence-corrected chi connectivity index (χ4v) is 2.97. The first-order valence-electron chi connectivity index (χ1n) is 7.18. The molecule has 0 aromatic heterocycles. The SMILES string of the molecule is CC(C)c1ccc(C(=O)N2CC3CCC(C2)O3)cc1. The van der Waals surface area contributed by atoms with Crippen molar-refractivity contribution in [2.75, 3.05) is 13.1 Å². The van der Waals surface area contributed by atoms with Gasteiger partial charge < -0.3 is 9.64 Å². The van der Waals surface area contributed by atoms with E-state index in [4.69, 9.17) is 4.74 Å². The van der Waals surface area contributed by atoms with Gasteiger partial charge in [0.1, 0.15) is 0 Å². The van der Waals surface area contributed by atoms with Crippen LogP contribution in [0.4, 0.5) is 0 Å². The molecule has 0 saturated carbocycles. The second-order valence-electron chi connectivity index (χ2n) is 5.94. The van der Waals surface area contributed by atoms with Crippen LogP contribution in [0.15, 0.2) is 24.3 Å². The predicted molar refractivity (Wildman–Crippen MR) is 74.3 cm³/mol. The molecular weight excluding hydrogens is 238 g/mol. The summed E-state index contributed by atoms with van der Waals surface area (Å²) < 4.78 is 5.77. The van der Waals surface area contributed by atoms with Crippen molar-refractivity contribution < 1.29 is 9.53 Å². The molecule has 2 bridgehead atoms. The van der Waals surface area contributed by atoms with E-state index in [-0.39, 0.29) is 18.1 Å². The minimum absolute atomic E-state index is 0.149. The van der Waals surface area contributed by atoms with Crippen LogP contribution in [0.25, 0.3) is 0 Å². The molecule has 0 aliphatic carbocycles. The van der Waals surface area contributed by atoms with E-state index in [2.05, 4.69) is 26.0 Å². The van der Waals surface area contributed by atoms with Gasteiger partial charge in [-0.1, -0.05) is 26.0 Å². The summed E-state index contributed by atoms with van der Waals surface area (Å²) in [6.45, 7) is 5.83. The van der Waals surface area contributed by atoms with E-state index >= 15 is 0 Å². The average Bonchev–Trinajstić information content (AvgIpc) is 2.76. The lowest BCUT2D eigenvalue weighted by molar-refractivity contribution is -0.0303. The summed E-state index contributed by atoms with van der Waals surface area (Å²) in [5.74, 6) is 0.652. The zero-order valence-corrected chi connectivity index (χ0v) is 11.6. The molecule has 1 amide bonds. The van der Waals surface area contributed by atoms with Crippen LogP contribution in [0.5, 0.6) is 0 Å². The largest absolute Gasteiger partial charge is 0.371 e. The second kappa shape index (κ2) is 4.97. The maximum Gasteiger partial charge on any atom is 0.254 e. The first kappa shape index (κ1) is 12.7. The lowest BCUT2D eigenvalue weighted by Crippen LogP contribution is -2.45. The molecule has 3 heteroatoms. The molecule has 2 aliphatic rings. The van der Waals surface area contributed by atoms with E-state index in [1.165, 1.54) is 5.56 Å². The maximum absolute atomic E-state index is 12.5. The molecule has 3 rings (SSSR count).